The van der Waals surface area contributed by atoms with E-state index in [1.54, 1.807) is 26.0 Å². The van der Waals surface area contributed by atoms with E-state index in [1.807, 2.05) is 0 Å². The molecule has 0 spiro atoms. The normalized spacial score (nSPS) is 15.6. The van der Waals surface area contributed by atoms with Gasteiger partial charge in [0.1, 0.15) is 5.75 Å². The standard InChI is InChI=1S/C14H19NO5S/c1-9(2)12(14(16)17)8-15-21(18,19)11-3-4-13-10(7-11)5-6-20-13/h3-4,7,9,12,15H,5-6,8H2,1-2H3,(H,16,17). The van der Waals surface area contributed by atoms with Crippen LogP contribution in [0.25, 0.3) is 0 Å². The summed E-state index contributed by atoms with van der Waals surface area (Å²) >= 11 is 0. The number of hydrogen-bond donors (Lipinski definition) is 2. The van der Waals surface area contributed by atoms with E-state index < -0.39 is 21.9 Å². The highest BCUT2D eigenvalue weighted by Crippen LogP contribution is 2.27. The van der Waals surface area contributed by atoms with Crippen LogP contribution in [0.5, 0.6) is 5.75 Å². The van der Waals surface area contributed by atoms with Gasteiger partial charge in [-0.05, 0) is 29.7 Å². The number of rotatable bonds is 6. The number of carbonyl (C=O) groups is 1. The van der Waals surface area contributed by atoms with Gasteiger partial charge in [0.15, 0.2) is 0 Å². The minimum atomic E-state index is -3.71. The zero-order chi connectivity index (χ0) is 15.6. The second-order valence-corrected chi connectivity index (χ2v) is 7.18. The number of aliphatic carboxylic acids is 1. The molecule has 21 heavy (non-hydrogen) atoms. The van der Waals surface area contributed by atoms with Gasteiger partial charge >= 0.3 is 5.97 Å². The van der Waals surface area contributed by atoms with E-state index in [4.69, 9.17) is 9.84 Å². The Morgan fingerprint density at radius 2 is 2.14 bits per heavy atom. The Hall–Kier alpha value is -1.60. The third-order valence-electron chi connectivity index (χ3n) is 3.59. The molecule has 1 aromatic carbocycles. The molecular weight excluding hydrogens is 294 g/mol. The van der Waals surface area contributed by atoms with Gasteiger partial charge in [0.05, 0.1) is 17.4 Å². The maximum absolute atomic E-state index is 12.2. The number of fused-ring (bicyclic) bond motifs is 1. The lowest BCUT2D eigenvalue weighted by Crippen LogP contribution is -2.35. The van der Waals surface area contributed by atoms with Crippen molar-refractivity contribution < 1.29 is 23.1 Å². The van der Waals surface area contributed by atoms with Crippen LogP contribution in [0.2, 0.25) is 0 Å². The molecule has 6 nitrogen and oxygen atoms in total. The summed E-state index contributed by atoms with van der Waals surface area (Å²) in [6.07, 6.45) is 0.683. The molecule has 1 heterocycles. The van der Waals surface area contributed by atoms with Gasteiger partial charge < -0.3 is 9.84 Å². The number of ether oxygens (including phenoxy) is 1. The average molecular weight is 313 g/mol. The Kier molecular flexibility index (Phi) is 4.53. The third kappa shape index (κ3) is 3.54. The minimum Gasteiger partial charge on any atom is -0.493 e. The summed E-state index contributed by atoms with van der Waals surface area (Å²) in [6.45, 7) is 3.93. The van der Waals surface area contributed by atoms with Gasteiger partial charge in [-0.15, -0.1) is 0 Å². The Bertz CT molecular complexity index is 639. The van der Waals surface area contributed by atoms with Gasteiger partial charge in [-0.25, -0.2) is 13.1 Å². The highest BCUT2D eigenvalue weighted by Gasteiger charge is 2.25. The average Bonchev–Trinajstić information content (AvgIpc) is 2.84. The second kappa shape index (κ2) is 6.03. The first kappa shape index (κ1) is 15.8. The first-order valence-electron chi connectivity index (χ1n) is 6.79. The van der Waals surface area contributed by atoms with Crippen LogP contribution in [-0.2, 0) is 21.2 Å². The van der Waals surface area contributed by atoms with Crippen molar-refractivity contribution in [1.82, 2.24) is 4.72 Å². The fourth-order valence-corrected chi connectivity index (χ4v) is 3.33. The number of nitrogens with one attached hydrogen (secondary N) is 1. The zero-order valence-electron chi connectivity index (χ0n) is 12.0. The molecular formula is C14H19NO5S. The lowest BCUT2D eigenvalue weighted by Gasteiger charge is -2.17. The van der Waals surface area contributed by atoms with Gasteiger partial charge in [0.25, 0.3) is 0 Å². The predicted molar refractivity (Wildman–Crippen MR) is 76.8 cm³/mol. The summed E-state index contributed by atoms with van der Waals surface area (Å²) in [4.78, 5) is 11.2. The minimum absolute atomic E-state index is 0.122. The summed E-state index contributed by atoms with van der Waals surface area (Å²) in [6, 6.07) is 4.68. The van der Waals surface area contributed by atoms with Crippen molar-refractivity contribution in [3.05, 3.63) is 23.8 Å². The number of hydrogen-bond acceptors (Lipinski definition) is 4. The molecule has 0 saturated carbocycles. The predicted octanol–water partition coefficient (Wildman–Crippen LogP) is 1.26. The van der Waals surface area contributed by atoms with Gasteiger partial charge in [-0.3, -0.25) is 4.79 Å². The van der Waals surface area contributed by atoms with Crippen LogP contribution in [0.3, 0.4) is 0 Å². The fourth-order valence-electron chi connectivity index (χ4n) is 2.22. The molecule has 2 N–H and O–H groups in total. The van der Waals surface area contributed by atoms with E-state index in [-0.39, 0.29) is 17.4 Å². The van der Waals surface area contributed by atoms with Crippen LogP contribution in [0, 0.1) is 11.8 Å². The van der Waals surface area contributed by atoms with Gasteiger partial charge in [-0.1, -0.05) is 13.8 Å². The van der Waals surface area contributed by atoms with Gasteiger partial charge in [0.2, 0.25) is 10.0 Å². The van der Waals surface area contributed by atoms with Crippen molar-refractivity contribution in [2.75, 3.05) is 13.2 Å². The largest absolute Gasteiger partial charge is 0.493 e. The summed E-state index contributed by atoms with van der Waals surface area (Å²) in [7, 11) is -3.71. The summed E-state index contributed by atoms with van der Waals surface area (Å²) in [5.41, 5.74) is 0.858. The molecule has 1 aliphatic rings. The van der Waals surface area contributed by atoms with Crippen LogP contribution in [0.1, 0.15) is 19.4 Å². The van der Waals surface area contributed by atoms with Crippen molar-refractivity contribution >= 4 is 16.0 Å². The topological polar surface area (TPSA) is 92.7 Å². The van der Waals surface area contributed by atoms with E-state index in [2.05, 4.69) is 4.72 Å². The van der Waals surface area contributed by atoms with Crippen LogP contribution < -0.4 is 9.46 Å². The monoisotopic (exact) mass is 313 g/mol. The third-order valence-corrected chi connectivity index (χ3v) is 5.01. The van der Waals surface area contributed by atoms with Gasteiger partial charge in [-0.2, -0.15) is 0 Å². The summed E-state index contributed by atoms with van der Waals surface area (Å²) in [5, 5.41) is 9.09. The van der Waals surface area contributed by atoms with Crippen molar-refractivity contribution in [3.63, 3.8) is 0 Å². The van der Waals surface area contributed by atoms with Crippen LogP contribution >= 0.6 is 0 Å². The molecule has 0 fully saturated rings. The first-order valence-corrected chi connectivity index (χ1v) is 8.28. The van der Waals surface area contributed by atoms with Crippen molar-refractivity contribution in [2.24, 2.45) is 11.8 Å². The molecule has 0 amide bonds. The maximum atomic E-state index is 12.2. The van der Waals surface area contributed by atoms with E-state index in [0.29, 0.717) is 18.8 Å². The highest BCUT2D eigenvalue weighted by molar-refractivity contribution is 7.89. The molecule has 0 radical (unpaired) electrons. The van der Waals surface area contributed by atoms with E-state index in [9.17, 15) is 13.2 Å². The number of carboxylic acid groups (broad SMARTS) is 1. The van der Waals surface area contributed by atoms with Crippen molar-refractivity contribution in [3.8, 4) is 5.75 Å². The van der Waals surface area contributed by atoms with Crippen molar-refractivity contribution in [2.45, 2.75) is 25.2 Å². The Morgan fingerprint density at radius 3 is 2.76 bits per heavy atom. The Morgan fingerprint density at radius 1 is 1.43 bits per heavy atom. The molecule has 0 saturated heterocycles. The molecule has 0 aliphatic carbocycles. The number of benzene rings is 1. The first-order chi connectivity index (χ1) is 9.81. The molecule has 1 atom stereocenters. The molecule has 7 heteroatoms. The number of carboxylic acids is 1. The van der Waals surface area contributed by atoms with E-state index >= 15 is 0 Å². The highest BCUT2D eigenvalue weighted by atomic mass is 32.2. The molecule has 0 aromatic heterocycles. The van der Waals surface area contributed by atoms with Crippen molar-refractivity contribution in [1.29, 1.82) is 0 Å². The summed E-state index contributed by atoms with van der Waals surface area (Å²) < 4.78 is 32.2. The van der Waals surface area contributed by atoms with E-state index in [1.165, 1.54) is 6.07 Å². The van der Waals surface area contributed by atoms with E-state index in [0.717, 1.165) is 5.56 Å². The molecule has 116 valence electrons. The maximum Gasteiger partial charge on any atom is 0.308 e. The molecule has 1 unspecified atom stereocenters. The second-order valence-electron chi connectivity index (χ2n) is 5.41. The molecule has 0 bridgehead atoms. The smallest absolute Gasteiger partial charge is 0.308 e. The Balaban J connectivity index is 2.13. The summed E-state index contributed by atoms with van der Waals surface area (Å²) in [5.74, 6) is -1.20. The lowest BCUT2D eigenvalue weighted by atomic mass is 9.97. The Labute approximate surface area is 124 Å². The molecule has 2 rings (SSSR count). The molecule has 1 aliphatic heterocycles. The zero-order valence-corrected chi connectivity index (χ0v) is 12.8. The van der Waals surface area contributed by atoms with Crippen LogP contribution in [0.15, 0.2) is 23.1 Å². The SMILES string of the molecule is CC(C)C(CNS(=O)(=O)c1ccc2c(c1)CCO2)C(=O)O. The van der Waals surface area contributed by atoms with Crippen LogP contribution in [0.4, 0.5) is 0 Å². The molecule has 1 aromatic rings. The van der Waals surface area contributed by atoms with Gasteiger partial charge in [0, 0.05) is 13.0 Å². The number of sulfonamides is 1. The quantitative estimate of drug-likeness (QED) is 0.824. The fraction of sp³-hybridized carbons (Fsp3) is 0.500. The lowest BCUT2D eigenvalue weighted by molar-refractivity contribution is -0.142. The van der Waals surface area contributed by atoms with Crippen LogP contribution in [-0.4, -0.2) is 32.6 Å².